The van der Waals surface area contributed by atoms with Crippen molar-refractivity contribution in [1.29, 1.82) is 0 Å². The highest BCUT2D eigenvalue weighted by atomic mass is 19.4. The first-order valence-corrected chi connectivity index (χ1v) is 26.9. The smallest absolute Gasteiger partial charge is 0.418 e. The molecule has 2 saturated carbocycles. The number of carboxylic acids is 1. The Bertz CT molecular complexity index is 2940. The summed E-state index contributed by atoms with van der Waals surface area (Å²) in [6, 6.07) is 43.7. The van der Waals surface area contributed by atoms with E-state index >= 15 is 0 Å². The van der Waals surface area contributed by atoms with E-state index < -0.39 is 23.7 Å². The van der Waals surface area contributed by atoms with Gasteiger partial charge in [-0.2, -0.15) is 13.2 Å². The van der Waals surface area contributed by atoms with Crippen molar-refractivity contribution < 1.29 is 37.5 Å². The Morgan fingerprint density at radius 3 is 1.51 bits per heavy atom. The number of nitrogens with one attached hydrogen (secondary N) is 2. The van der Waals surface area contributed by atoms with Crippen LogP contribution in [0.1, 0.15) is 137 Å². The molecule has 12 heteroatoms. The number of hydrogen-bond acceptors (Lipinski definition) is 4. The molecule has 6 aromatic rings. The van der Waals surface area contributed by atoms with Gasteiger partial charge in [0, 0.05) is 49.4 Å². The van der Waals surface area contributed by atoms with Crippen LogP contribution in [0.5, 0.6) is 0 Å². The molecule has 0 atom stereocenters. The van der Waals surface area contributed by atoms with E-state index in [-0.39, 0.29) is 31.5 Å². The van der Waals surface area contributed by atoms with Gasteiger partial charge < -0.3 is 15.7 Å². The van der Waals surface area contributed by atoms with Crippen molar-refractivity contribution in [2.45, 2.75) is 129 Å². The minimum Gasteiger partial charge on any atom is -0.481 e. The van der Waals surface area contributed by atoms with Crippen LogP contribution in [-0.4, -0.2) is 42.0 Å². The van der Waals surface area contributed by atoms with Crippen molar-refractivity contribution in [1.82, 2.24) is 0 Å². The van der Waals surface area contributed by atoms with Crippen LogP contribution in [0.4, 0.5) is 45.5 Å². The number of rotatable bonds is 13. The number of Topliss-reactive ketones (excluding diaryl/α,β-unsaturated/α-hetero) is 1. The number of aliphatic carboxylic acids is 1. The van der Waals surface area contributed by atoms with Gasteiger partial charge in [0.2, 0.25) is 0 Å². The van der Waals surface area contributed by atoms with E-state index in [1.54, 1.807) is 0 Å². The number of urea groups is 2. The van der Waals surface area contributed by atoms with Gasteiger partial charge in [-0.15, -0.1) is 0 Å². The van der Waals surface area contributed by atoms with Crippen LogP contribution >= 0.6 is 0 Å². The number of para-hydroxylation sites is 2. The summed E-state index contributed by atoms with van der Waals surface area (Å²) >= 11 is 0. The number of anilines is 4. The second-order valence-electron chi connectivity index (χ2n) is 20.9. The Morgan fingerprint density at radius 2 is 1.03 bits per heavy atom. The molecule has 2 fully saturated rings. The molecule has 0 saturated heterocycles. The predicted molar refractivity (Wildman–Crippen MR) is 299 cm³/mol. The monoisotopic (exact) mass is 1030 g/mol. The number of hydrogen-bond donors (Lipinski definition) is 3. The summed E-state index contributed by atoms with van der Waals surface area (Å²) in [5.41, 5.74) is 10.7. The molecule has 4 amide bonds. The standard InChI is InChI=1S/C33H38N2O2.C30H29F3N2O3.CH4/c1-2-3-9-31(36)22-24-10-12-25(13-11-24)26-14-16-27(17-15-26)28-18-19-32-29(23-28)20-21-35(32)33(37)34-30-7-5-4-6-8-30;31-30(32,33)25-3-1-2-4-26(25)34-29(38)35-16-15-24-18-23(13-14-27(24)35)22-11-9-21(10-12-22)20-7-5-19(6-8-20)17-28(36)37;/h4-8,14-19,23-25H,2-3,9-13,20-22H2,1H3,(H,34,37);1-4,9-14,18-20H,5-8,15-17H2,(H,34,38)(H,36,37);1H4. The van der Waals surface area contributed by atoms with Gasteiger partial charge >= 0.3 is 24.2 Å². The Hall–Kier alpha value is -7.21. The van der Waals surface area contributed by atoms with Crippen LogP contribution < -0.4 is 20.4 Å². The van der Waals surface area contributed by atoms with Crippen molar-refractivity contribution in [3.8, 4) is 22.3 Å². The molecule has 9 nitrogen and oxygen atoms in total. The zero-order chi connectivity index (χ0) is 52.5. The number of carbonyl (C=O) groups excluding carboxylic acids is 3. The summed E-state index contributed by atoms with van der Waals surface area (Å²) in [6.07, 6.45) is 9.46. The van der Waals surface area contributed by atoms with Gasteiger partial charge in [-0.25, -0.2) is 9.59 Å². The molecule has 4 aliphatic rings. The highest BCUT2D eigenvalue weighted by molar-refractivity contribution is 6.04. The minimum atomic E-state index is -4.56. The molecule has 0 radical (unpaired) electrons. The van der Waals surface area contributed by atoms with Crippen LogP contribution in [0.25, 0.3) is 22.3 Å². The maximum absolute atomic E-state index is 13.3. The van der Waals surface area contributed by atoms with Crippen molar-refractivity contribution in [2.75, 3.05) is 33.5 Å². The normalized spacial score (nSPS) is 18.8. The lowest BCUT2D eigenvalue weighted by Gasteiger charge is -2.28. The van der Waals surface area contributed by atoms with Gasteiger partial charge in [-0.05, 0) is 187 Å². The molecule has 2 aliphatic heterocycles. The lowest BCUT2D eigenvalue weighted by Crippen LogP contribution is -2.34. The Labute approximate surface area is 445 Å². The zero-order valence-electron chi connectivity index (χ0n) is 42.7. The van der Waals surface area contributed by atoms with E-state index in [0.29, 0.717) is 48.7 Å². The first kappa shape index (κ1) is 55.0. The molecular formula is C64H71F3N4O5. The predicted octanol–water partition coefficient (Wildman–Crippen LogP) is 16.7. The fourth-order valence-corrected chi connectivity index (χ4v) is 11.7. The number of benzene rings is 6. The maximum atomic E-state index is 13.3. The summed E-state index contributed by atoms with van der Waals surface area (Å²) < 4.78 is 40.0. The fraction of sp³-hybridized carbons (Fsp3) is 0.375. The molecular weight excluding hydrogens is 962 g/mol. The number of carboxylic acid groups (broad SMARTS) is 1. The van der Waals surface area contributed by atoms with Gasteiger partial charge in [0.05, 0.1) is 11.3 Å². The van der Waals surface area contributed by atoms with Gasteiger partial charge in [0.1, 0.15) is 5.78 Å². The van der Waals surface area contributed by atoms with E-state index in [4.69, 9.17) is 5.11 Å². The Morgan fingerprint density at radius 1 is 0.566 bits per heavy atom. The lowest BCUT2D eigenvalue weighted by molar-refractivity contribution is -0.138. The van der Waals surface area contributed by atoms with E-state index in [0.717, 1.165) is 91.9 Å². The van der Waals surface area contributed by atoms with Gasteiger partial charge in [0.15, 0.2) is 0 Å². The van der Waals surface area contributed by atoms with E-state index in [1.807, 2.05) is 53.4 Å². The number of carbonyl (C=O) groups is 4. The molecule has 10 rings (SSSR count). The van der Waals surface area contributed by atoms with Gasteiger partial charge in [-0.1, -0.05) is 112 Å². The summed E-state index contributed by atoms with van der Waals surface area (Å²) in [5.74, 6) is 1.65. The van der Waals surface area contributed by atoms with Crippen LogP contribution in [0, 0.1) is 11.8 Å². The number of nitrogens with zero attached hydrogens (tertiary/aromatic N) is 2. The van der Waals surface area contributed by atoms with E-state index in [1.165, 1.54) is 76.6 Å². The average Bonchev–Trinajstić information content (AvgIpc) is 4.06. The first-order valence-electron chi connectivity index (χ1n) is 26.9. The first-order chi connectivity index (χ1) is 36.3. The third-order valence-electron chi connectivity index (χ3n) is 15.9. The van der Waals surface area contributed by atoms with E-state index in [9.17, 15) is 32.3 Å². The third kappa shape index (κ3) is 13.6. The number of fused-ring (bicyclic) bond motifs is 2. The lowest BCUT2D eigenvalue weighted by atomic mass is 9.76. The molecule has 2 heterocycles. The van der Waals surface area contributed by atoms with Crippen LogP contribution in [0.2, 0.25) is 0 Å². The SMILES string of the molecule is C.CCCCC(=O)CC1CCC(c2ccc(-c3ccc4c(c3)CCN4C(=O)Nc3ccccc3)cc2)CC1.O=C(O)CC1CCC(c2ccc(-c3ccc4c(c3)CCN4C(=O)Nc3ccccc3C(F)(F)F)cc2)CC1. The quantitative estimate of drug-likeness (QED) is 0.106. The highest BCUT2D eigenvalue weighted by Crippen LogP contribution is 2.41. The molecule has 0 spiro atoms. The van der Waals surface area contributed by atoms with Crippen LogP contribution in [0.15, 0.2) is 140 Å². The average molecular weight is 1030 g/mol. The Balaban J connectivity index is 0.000000199. The number of amides is 4. The second-order valence-corrected chi connectivity index (χ2v) is 20.9. The minimum absolute atomic E-state index is 0. The van der Waals surface area contributed by atoms with Crippen molar-refractivity contribution >= 4 is 46.6 Å². The Kier molecular flexibility index (Phi) is 18.2. The van der Waals surface area contributed by atoms with Gasteiger partial charge in [-0.3, -0.25) is 19.4 Å². The van der Waals surface area contributed by atoms with Crippen molar-refractivity contribution in [3.63, 3.8) is 0 Å². The summed E-state index contributed by atoms with van der Waals surface area (Å²) in [5, 5.41) is 14.5. The topological polar surface area (TPSA) is 119 Å². The molecule has 6 aromatic carbocycles. The van der Waals surface area contributed by atoms with Crippen molar-refractivity contribution in [2.24, 2.45) is 11.8 Å². The second kappa shape index (κ2) is 25.1. The largest absolute Gasteiger partial charge is 0.481 e. The molecule has 2 aliphatic carbocycles. The fourth-order valence-electron chi connectivity index (χ4n) is 11.7. The molecule has 3 N–H and O–H groups in total. The molecule has 0 aromatic heterocycles. The van der Waals surface area contributed by atoms with E-state index in [2.05, 4.69) is 84.3 Å². The summed E-state index contributed by atoms with van der Waals surface area (Å²) in [4.78, 5) is 52.2. The van der Waals surface area contributed by atoms with Crippen LogP contribution in [-0.2, 0) is 28.6 Å². The molecule has 398 valence electrons. The van der Waals surface area contributed by atoms with Crippen LogP contribution in [0.3, 0.4) is 0 Å². The van der Waals surface area contributed by atoms with Crippen molar-refractivity contribution in [3.05, 3.63) is 167 Å². The molecule has 0 unspecified atom stereocenters. The molecule has 76 heavy (non-hydrogen) atoms. The summed E-state index contributed by atoms with van der Waals surface area (Å²) in [7, 11) is 0. The summed E-state index contributed by atoms with van der Waals surface area (Å²) in [6.45, 7) is 3.24. The zero-order valence-corrected chi connectivity index (χ0v) is 42.7. The number of unbranched alkanes of at least 4 members (excludes halogenated alkanes) is 1. The number of halogens is 3. The number of ketones is 1. The molecule has 0 bridgehead atoms. The maximum Gasteiger partial charge on any atom is 0.418 e. The van der Waals surface area contributed by atoms with Gasteiger partial charge in [0.25, 0.3) is 0 Å². The highest BCUT2D eigenvalue weighted by Gasteiger charge is 2.35. The third-order valence-corrected chi connectivity index (χ3v) is 15.9. The number of alkyl halides is 3.